The van der Waals surface area contributed by atoms with E-state index in [1.54, 1.807) is 0 Å². The van der Waals surface area contributed by atoms with Gasteiger partial charge in [0.05, 0.1) is 25.8 Å². The van der Waals surface area contributed by atoms with Crippen LogP contribution < -0.4 is 5.32 Å². The lowest BCUT2D eigenvalue weighted by Gasteiger charge is -2.36. The van der Waals surface area contributed by atoms with Crippen LogP contribution in [0.1, 0.15) is 24.9 Å². The fourth-order valence-corrected chi connectivity index (χ4v) is 3.67. The third-order valence-corrected chi connectivity index (χ3v) is 5.52. The number of carbonyl (C=O) groups is 2. The van der Waals surface area contributed by atoms with Crippen LogP contribution >= 0.6 is 0 Å². The molecule has 1 aromatic rings. The first kappa shape index (κ1) is 20.8. The number of piperazine rings is 1. The summed E-state index contributed by atoms with van der Waals surface area (Å²) in [5.74, 6) is 0.276. The van der Waals surface area contributed by atoms with Crippen molar-refractivity contribution in [2.75, 3.05) is 65.6 Å². The van der Waals surface area contributed by atoms with E-state index in [0.29, 0.717) is 26.2 Å². The molecular weight excluding hydrogens is 356 g/mol. The van der Waals surface area contributed by atoms with E-state index in [-0.39, 0.29) is 17.9 Å². The summed E-state index contributed by atoms with van der Waals surface area (Å²) in [6.45, 7) is 9.47. The Labute approximate surface area is 167 Å². The Morgan fingerprint density at radius 2 is 1.68 bits per heavy atom. The Morgan fingerprint density at radius 1 is 1.00 bits per heavy atom. The summed E-state index contributed by atoms with van der Waals surface area (Å²) in [5.41, 5.74) is 1.11. The van der Waals surface area contributed by atoms with Crippen molar-refractivity contribution in [3.05, 3.63) is 35.9 Å². The first-order valence-corrected chi connectivity index (χ1v) is 10.3. The maximum atomic E-state index is 12.5. The van der Waals surface area contributed by atoms with Gasteiger partial charge in [-0.25, -0.2) is 0 Å². The first-order valence-electron chi connectivity index (χ1n) is 10.3. The van der Waals surface area contributed by atoms with Gasteiger partial charge in [-0.05, 0) is 12.5 Å². The van der Waals surface area contributed by atoms with E-state index < -0.39 is 0 Å². The summed E-state index contributed by atoms with van der Waals surface area (Å²) in [6.07, 6.45) is 0.485. The molecule has 0 unspecified atom stereocenters. The molecule has 154 valence electrons. The van der Waals surface area contributed by atoms with E-state index in [4.69, 9.17) is 4.74 Å². The number of nitrogens with one attached hydrogen (secondary N) is 1. The number of ether oxygens (including phenoxy) is 1. The molecule has 7 nitrogen and oxygen atoms in total. The molecule has 1 aromatic carbocycles. The van der Waals surface area contributed by atoms with Crippen molar-refractivity contribution in [2.45, 2.75) is 19.4 Å². The van der Waals surface area contributed by atoms with Crippen molar-refractivity contribution in [3.63, 3.8) is 0 Å². The second kappa shape index (κ2) is 10.5. The molecule has 1 N–H and O–H groups in total. The van der Waals surface area contributed by atoms with Gasteiger partial charge in [0.25, 0.3) is 0 Å². The molecule has 2 aliphatic heterocycles. The van der Waals surface area contributed by atoms with E-state index in [9.17, 15) is 9.59 Å². The molecule has 0 spiro atoms. The molecule has 0 radical (unpaired) electrons. The van der Waals surface area contributed by atoms with Crippen LogP contribution in [0, 0.1) is 0 Å². The molecule has 3 rings (SSSR count). The maximum absolute atomic E-state index is 12.5. The minimum absolute atomic E-state index is 0.0170. The van der Waals surface area contributed by atoms with Crippen LogP contribution in [0.4, 0.5) is 0 Å². The van der Waals surface area contributed by atoms with Crippen molar-refractivity contribution in [1.82, 2.24) is 20.0 Å². The van der Waals surface area contributed by atoms with Gasteiger partial charge in [-0.15, -0.1) is 0 Å². The van der Waals surface area contributed by atoms with Crippen molar-refractivity contribution in [3.8, 4) is 0 Å². The molecular formula is C21H32N4O3. The highest BCUT2D eigenvalue weighted by Crippen LogP contribution is 2.11. The number of benzene rings is 1. The standard InChI is InChI=1S/C21H32N4O3/c1-18(19-5-3-2-4-6-19)22-20(26)7-8-23-9-11-25(12-10-23)21(27)17-24-13-15-28-16-14-24/h2-6,18H,7-17H2,1H3,(H,22,26)/t18-/m1/s1. The van der Waals surface area contributed by atoms with Crippen molar-refractivity contribution in [1.29, 1.82) is 0 Å². The Hall–Kier alpha value is -1.96. The second-order valence-electron chi connectivity index (χ2n) is 7.56. The van der Waals surface area contributed by atoms with Gasteiger partial charge in [-0.3, -0.25) is 19.4 Å². The van der Waals surface area contributed by atoms with E-state index in [0.717, 1.165) is 51.4 Å². The molecule has 7 heteroatoms. The lowest BCUT2D eigenvalue weighted by Crippen LogP contribution is -2.52. The maximum Gasteiger partial charge on any atom is 0.236 e. The molecule has 28 heavy (non-hydrogen) atoms. The van der Waals surface area contributed by atoms with Gasteiger partial charge >= 0.3 is 0 Å². The predicted molar refractivity (Wildman–Crippen MR) is 108 cm³/mol. The van der Waals surface area contributed by atoms with Crippen molar-refractivity contribution in [2.24, 2.45) is 0 Å². The highest BCUT2D eigenvalue weighted by Gasteiger charge is 2.23. The zero-order chi connectivity index (χ0) is 19.8. The Kier molecular flexibility index (Phi) is 7.82. The normalized spacial score (nSPS) is 20.0. The third kappa shape index (κ3) is 6.29. The highest BCUT2D eigenvalue weighted by molar-refractivity contribution is 5.78. The topological polar surface area (TPSA) is 65.1 Å². The molecule has 1 atom stereocenters. The fraction of sp³-hybridized carbons (Fsp3) is 0.619. The summed E-state index contributed by atoms with van der Waals surface area (Å²) < 4.78 is 5.33. The van der Waals surface area contributed by atoms with E-state index in [1.165, 1.54) is 0 Å². The third-order valence-electron chi connectivity index (χ3n) is 5.52. The molecule has 0 aromatic heterocycles. The predicted octanol–water partition coefficient (Wildman–Crippen LogP) is 0.730. The van der Waals surface area contributed by atoms with E-state index in [1.807, 2.05) is 42.2 Å². The van der Waals surface area contributed by atoms with E-state index in [2.05, 4.69) is 15.1 Å². The number of carbonyl (C=O) groups excluding carboxylic acids is 2. The molecule has 2 saturated heterocycles. The highest BCUT2D eigenvalue weighted by atomic mass is 16.5. The molecule has 2 heterocycles. The number of hydrogen-bond acceptors (Lipinski definition) is 5. The molecule has 0 bridgehead atoms. The summed E-state index contributed by atoms with van der Waals surface area (Å²) in [5, 5.41) is 3.06. The molecule has 2 aliphatic rings. The van der Waals surface area contributed by atoms with Gasteiger partial charge in [0.2, 0.25) is 11.8 Å². The Bertz CT molecular complexity index is 626. The zero-order valence-electron chi connectivity index (χ0n) is 16.8. The van der Waals surface area contributed by atoms with Crippen LogP contribution in [0.2, 0.25) is 0 Å². The van der Waals surface area contributed by atoms with Gasteiger partial charge in [0.1, 0.15) is 0 Å². The number of morpholine rings is 1. The Morgan fingerprint density at radius 3 is 2.36 bits per heavy atom. The quantitative estimate of drug-likeness (QED) is 0.746. The van der Waals surface area contributed by atoms with Crippen molar-refractivity contribution >= 4 is 11.8 Å². The summed E-state index contributed by atoms with van der Waals surface area (Å²) in [6, 6.07) is 10.0. The first-order chi connectivity index (χ1) is 13.6. The average Bonchev–Trinajstić information content (AvgIpc) is 2.74. The number of amides is 2. The molecule has 0 aliphatic carbocycles. The second-order valence-corrected chi connectivity index (χ2v) is 7.56. The molecule has 2 amide bonds. The van der Waals surface area contributed by atoms with Gasteiger partial charge in [0.15, 0.2) is 0 Å². The molecule has 2 fully saturated rings. The minimum atomic E-state index is 0.0170. The fourth-order valence-electron chi connectivity index (χ4n) is 3.67. The van der Waals surface area contributed by atoms with Crippen LogP contribution in [0.15, 0.2) is 30.3 Å². The number of rotatable bonds is 7. The summed E-state index contributed by atoms with van der Waals surface area (Å²) in [7, 11) is 0. The minimum Gasteiger partial charge on any atom is -0.379 e. The lowest BCUT2D eigenvalue weighted by atomic mass is 10.1. The monoisotopic (exact) mass is 388 g/mol. The van der Waals surface area contributed by atoms with Crippen LogP contribution in [0.3, 0.4) is 0 Å². The van der Waals surface area contributed by atoms with Crippen LogP contribution in [0.5, 0.6) is 0 Å². The summed E-state index contributed by atoms with van der Waals surface area (Å²) in [4.78, 5) is 31.1. The van der Waals surface area contributed by atoms with Gasteiger partial charge < -0.3 is 15.0 Å². The largest absolute Gasteiger partial charge is 0.379 e. The van der Waals surface area contributed by atoms with Crippen LogP contribution in [0.25, 0.3) is 0 Å². The lowest BCUT2D eigenvalue weighted by molar-refractivity contribution is -0.135. The van der Waals surface area contributed by atoms with E-state index >= 15 is 0 Å². The average molecular weight is 389 g/mol. The van der Waals surface area contributed by atoms with Gasteiger partial charge in [0, 0.05) is 52.2 Å². The SMILES string of the molecule is C[C@@H](NC(=O)CCN1CCN(C(=O)CN2CCOCC2)CC1)c1ccccc1. The number of hydrogen-bond donors (Lipinski definition) is 1. The van der Waals surface area contributed by atoms with Crippen LogP contribution in [-0.4, -0.2) is 92.1 Å². The van der Waals surface area contributed by atoms with Crippen LogP contribution in [-0.2, 0) is 14.3 Å². The zero-order valence-corrected chi connectivity index (χ0v) is 16.8. The smallest absolute Gasteiger partial charge is 0.236 e. The number of nitrogens with zero attached hydrogens (tertiary/aromatic N) is 3. The molecule has 0 saturated carbocycles. The van der Waals surface area contributed by atoms with Crippen molar-refractivity contribution < 1.29 is 14.3 Å². The summed E-state index contributed by atoms with van der Waals surface area (Å²) >= 11 is 0. The van der Waals surface area contributed by atoms with Gasteiger partial charge in [-0.1, -0.05) is 30.3 Å². The Balaban J connectivity index is 1.32. The van der Waals surface area contributed by atoms with Gasteiger partial charge in [-0.2, -0.15) is 0 Å².